The van der Waals surface area contributed by atoms with Gasteiger partial charge in [-0.3, -0.25) is 4.79 Å². The van der Waals surface area contributed by atoms with Gasteiger partial charge in [-0.25, -0.2) is 0 Å². The minimum atomic E-state index is 0. The van der Waals surface area contributed by atoms with Crippen molar-refractivity contribution in [1.29, 1.82) is 0 Å². The summed E-state index contributed by atoms with van der Waals surface area (Å²) in [5.41, 5.74) is 9.14. The molecule has 22 heavy (non-hydrogen) atoms. The number of carbonyl (C=O) groups is 1. The van der Waals surface area contributed by atoms with Gasteiger partial charge in [-0.05, 0) is 55.1 Å². The van der Waals surface area contributed by atoms with Crippen LogP contribution in [0.2, 0.25) is 0 Å². The zero-order chi connectivity index (χ0) is 14.4. The highest BCUT2D eigenvalue weighted by Crippen LogP contribution is 2.47. The highest BCUT2D eigenvalue weighted by molar-refractivity contribution is 5.85. The zero-order valence-corrected chi connectivity index (χ0v) is 13.6. The summed E-state index contributed by atoms with van der Waals surface area (Å²) in [6.07, 6.45) is 5.90. The van der Waals surface area contributed by atoms with E-state index in [2.05, 4.69) is 29.6 Å². The fourth-order valence-electron chi connectivity index (χ4n) is 4.92. The van der Waals surface area contributed by atoms with Crippen molar-refractivity contribution in [2.75, 3.05) is 6.54 Å². The summed E-state index contributed by atoms with van der Waals surface area (Å²) in [4.78, 5) is 12.5. The Balaban J connectivity index is 0.00000144. The standard InChI is InChI=1S/C18H24N2O.ClH/c19-17-13-7-6-12(9-13)16(17)18(21)20-10-14-8-5-11-3-1-2-4-15(11)14;/h1-4,12-14,16-17H,5-10,19H2,(H,20,21);1H. The minimum absolute atomic E-state index is 0. The maximum absolute atomic E-state index is 12.5. The first kappa shape index (κ1) is 15.8. The Labute approximate surface area is 138 Å². The number of carbonyl (C=O) groups excluding carboxylic acids is 1. The van der Waals surface area contributed by atoms with E-state index in [0.717, 1.165) is 19.4 Å². The van der Waals surface area contributed by atoms with Crippen LogP contribution in [-0.2, 0) is 11.2 Å². The monoisotopic (exact) mass is 320 g/mol. The SMILES string of the molecule is Cl.NC1C2CCC(C2)C1C(=O)NCC1CCc2ccccc21. The molecule has 0 aliphatic heterocycles. The van der Waals surface area contributed by atoms with Crippen molar-refractivity contribution >= 4 is 18.3 Å². The van der Waals surface area contributed by atoms with E-state index in [1.807, 2.05) is 0 Å². The van der Waals surface area contributed by atoms with Crippen LogP contribution in [0.25, 0.3) is 0 Å². The Morgan fingerprint density at radius 2 is 1.95 bits per heavy atom. The topological polar surface area (TPSA) is 55.1 Å². The molecule has 120 valence electrons. The van der Waals surface area contributed by atoms with E-state index < -0.39 is 0 Å². The molecule has 1 aromatic carbocycles. The molecule has 3 aliphatic rings. The minimum Gasteiger partial charge on any atom is -0.355 e. The van der Waals surface area contributed by atoms with Crippen LogP contribution in [-0.4, -0.2) is 18.5 Å². The van der Waals surface area contributed by atoms with Crippen molar-refractivity contribution in [3.8, 4) is 0 Å². The molecule has 4 rings (SSSR count). The third-order valence-corrected chi connectivity index (χ3v) is 6.06. The van der Waals surface area contributed by atoms with Gasteiger partial charge in [-0.1, -0.05) is 24.3 Å². The second-order valence-electron chi connectivity index (χ2n) is 7.12. The van der Waals surface area contributed by atoms with Crippen molar-refractivity contribution in [1.82, 2.24) is 5.32 Å². The zero-order valence-electron chi connectivity index (χ0n) is 12.8. The number of hydrogen-bond donors (Lipinski definition) is 2. The number of rotatable bonds is 3. The lowest BCUT2D eigenvalue weighted by Gasteiger charge is -2.27. The molecule has 1 aromatic rings. The van der Waals surface area contributed by atoms with Crippen LogP contribution in [0.4, 0.5) is 0 Å². The Morgan fingerprint density at radius 3 is 2.73 bits per heavy atom. The summed E-state index contributed by atoms with van der Waals surface area (Å²) in [6.45, 7) is 0.774. The van der Waals surface area contributed by atoms with Gasteiger partial charge in [0.25, 0.3) is 0 Å². The molecular formula is C18H25ClN2O. The predicted molar refractivity (Wildman–Crippen MR) is 90.1 cm³/mol. The van der Waals surface area contributed by atoms with Crippen LogP contribution < -0.4 is 11.1 Å². The molecule has 4 heteroatoms. The van der Waals surface area contributed by atoms with Gasteiger partial charge in [-0.2, -0.15) is 0 Å². The molecule has 3 N–H and O–H groups in total. The second-order valence-corrected chi connectivity index (χ2v) is 7.12. The lowest BCUT2D eigenvalue weighted by molar-refractivity contribution is -0.127. The number of hydrogen-bond acceptors (Lipinski definition) is 2. The first-order valence-corrected chi connectivity index (χ1v) is 8.35. The number of aryl methyl sites for hydroxylation is 1. The summed E-state index contributed by atoms with van der Waals surface area (Å²) in [6, 6.07) is 8.73. The van der Waals surface area contributed by atoms with Crippen LogP contribution in [0, 0.1) is 17.8 Å². The summed E-state index contributed by atoms with van der Waals surface area (Å²) in [7, 11) is 0. The molecule has 3 nitrogen and oxygen atoms in total. The normalized spacial score (nSPS) is 35.0. The van der Waals surface area contributed by atoms with Crippen LogP contribution in [0.3, 0.4) is 0 Å². The fraction of sp³-hybridized carbons (Fsp3) is 0.611. The number of nitrogens with two attached hydrogens (primary N) is 1. The molecule has 0 heterocycles. The maximum Gasteiger partial charge on any atom is 0.224 e. The molecule has 0 spiro atoms. The molecule has 0 radical (unpaired) electrons. The molecule has 0 aromatic heterocycles. The summed E-state index contributed by atoms with van der Waals surface area (Å²) in [5.74, 6) is 1.90. The van der Waals surface area contributed by atoms with Gasteiger partial charge < -0.3 is 11.1 Å². The van der Waals surface area contributed by atoms with E-state index >= 15 is 0 Å². The number of nitrogens with one attached hydrogen (secondary N) is 1. The Kier molecular flexibility index (Phi) is 4.47. The van der Waals surface area contributed by atoms with Crippen molar-refractivity contribution in [2.45, 2.75) is 44.1 Å². The average Bonchev–Trinajstić information content (AvgIpc) is 3.19. The van der Waals surface area contributed by atoms with Gasteiger partial charge >= 0.3 is 0 Å². The quantitative estimate of drug-likeness (QED) is 0.899. The van der Waals surface area contributed by atoms with E-state index in [1.54, 1.807) is 0 Å². The van der Waals surface area contributed by atoms with E-state index in [-0.39, 0.29) is 30.3 Å². The number of amides is 1. The van der Waals surface area contributed by atoms with E-state index in [0.29, 0.717) is 17.8 Å². The molecule has 2 bridgehead atoms. The van der Waals surface area contributed by atoms with Crippen LogP contribution >= 0.6 is 12.4 Å². The van der Waals surface area contributed by atoms with Crippen molar-refractivity contribution in [3.63, 3.8) is 0 Å². The first-order chi connectivity index (χ1) is 10.2. The van der Waals surface area contributed by atoms with E-state index in [1.165, 1.54) is 30.4 Å². The molecule has 1 amide bonds. The van der Waals surface area contributed by atoms with Crippen LogP contribution in [0.5, 0.6) is 0 Å². The lowest BCUT2D eigenvalue weighted by Crippen LogP contribution is -2.46. The third kappa shape index (κ3) is 2.55. The largest absolute Gasteiger partial charge is 0.355 e. The summed E-state index contributed by atoms with van der Waals surface area (Å²) >= 11 is 0. The van der Waals surface area contributed by atoms with Crippen LogP contribution in [0.15, 0.2) is 24.3 Å². The maximum atomic E-state index is 12.5. The van der Waals surface area contributed by atoms with Gasteiger partial charge in [0.2, 0.25) is 5.91 Å². The van der Waals surface area contributed by atoms with Crippen molar-refractivity contribution in [2.24, 2.45) is 23.5 Å². The van der Waals surface area contributed by atoms with Crippen molar-refractivity contribution in [3.05, 3.63) is 35.4 Å². The molecular weight excluding hydrogens is 296 g/mol. The Morgan fingerprint density at radius 1 is 1.18 bits per heavy atom. The molecule has 3 aliphatic carbocycles. The number of halogens is 1. The lowest BCUT2D eigenvalue weighted by atomic mass is 9.84. The molecule has 0 saturated heterocycles. The van der Waals surface area contributed by atoms with Crippen molar-refractivity contribution < 1.29 is 4.79 Å². The Hall–Kier alpha value is -1.06. The van der Waals surface area contributed by atoms with Crippen LogP contribution in [0.1, 0.15) is 42.7 Å². The van der Waals surface area contributed by atoms with E-state index in [4.69, 9.17) is 5.73 Å². The number of benzene rings is 1. The predicted octanol–water partition coefficient (Wildman–Crippen LogP) is 2.63. The highest BCUT2D eigenvalue weighted by atomic mass is 35.5. The number of fused-ring (bicyclic) bond motifs is 3. The highest BCUT2D eigenvalue weighted by Gasteiger charge is 2.49. The van der Waals surface area contributed by atoms with Gasteiger partial charge in [-0.15, -0.1) is 12.4 Å². The Bertz CT molecular complexity index is 560. The first-order valence-electron chi connectivity index (χ1n) is 8.35. The second kappa shape index (κ2) is 6.21. The molecule has 5 atom stereocenters. The van der Waals surface area contributed by atoms with Gasteiger partial charge in [0.05, 0.1) is 5.92 Å². The fourth-order valence-corrected chi connectivity index (χ4v) is 4.92. The van der Waals surface area contributed by atoms with Gasteiger partial charge in [0.15, 0.2) is 0 Å². The van der Waals surface area contributed by atoms with Gasteiger partial charge in [0.1, 0.15) is 0 Å². The summed E-state index contributed by atoms with van der Waals surface area (Å²) < 4.78 is 0. The molecule has 2 fully saturated rings. The average molecular weight is 321 g/mol. The van der Waals surface area contributed by atoms with E-state index in [9.17, 15) is 4.79 Å². The van der Waals surface area contributed by atoms with Gasteiger partial charge in [0, 0.05) is 18.5 Å². The smallest absolute Gasteiger partial charge is 0.224 e. The third-order valence-electron chi connectivity index (χ3n) is 6.06. The summed E-state index contributed by atoms with van der Waals surface area (Å²) in [5, 5.41) is 3.20. The molecule has 2 saturated carbocycles. The molecule has 5 unspecified atom stereocenters.